The number of fused-ring (bicyclic) bond motifs is 1. The summed E-state index contributed by atoms with van der Waals surface area (Å²) in [7, 11) is 0. The minimum Gasteiger partial charge on any atom is -0.349 e. The molecule has 1 aliphatic rings. The number of benzene rings is 2. The van der Waals surface area contributed by atoms with Crippen LogP contribution in [0.15, 0.2) is 42.5 Å². The topological polar surface area (TPSA) is 29.1 Å². The van der Waals surface area contributed by atoms with E-state index in [1.165, 1.54) is 23.3 Å². The fraction of sp³-hybridized carbons (Fsp3) is 0.235. The number of hydrogen-bond donors (Lipinski definition) is 1. The van der Waals surface area contributed by atoms with E-state index in [2.05, 4.69) is 17.4 Å². The molecule has 0 spiro atoms. The van der Waals surface area contributed by atoms with Gasteiger partial charge in [-0.2, -0.15) is 0 Å². The van der Waals surface area contributed by atoms with Crippen LogP contribution in [0.3, 0.4) is 0 Å². The fourth-order valence-electron chi connectivity index (χ4n) is 2.72. The molecule has 0 aliphatic heterocycles. The van der Waals surface area contributed by atoms with Gasteiger partial charge in [-0.15, -0.1) is 0 Å². The van der Waals surface area contributed by atoms with Crippen LogP contribution in [0.4, 0.5) is 4.39 Å². The van der Waals surface area contributed by atoms with Crippen LogP contribution in [-0.2, 0) is 12.8 Å². The van der Waals surface area contributed by atoms with Crippen molar-refractivity contribution in [1.82, 2.24) is 5.32 Å². The highest BCUT2D eigenvalue weighted by molar-refractivity contribution is 5.94. The first kappa shape index (κ1) is 12.9. The monoisotopic (exact) mass is 269 g/mol. The van der Waals surface area contributed by atoms with E-state index in [0.717, 1.165) is 12.8 Å². The van der Waals surface area contributed by atoms with Gasteiger partial charge in [0.05, 0.1) is 0 Å². The van der Waals surface area contributed by atoms with Gasteiger partial charge < -0.3 is 5.32 Å². The largest absolute Gasteiger partial charge is 0.349 e. The first-order valence-electron chi connectivity index (χ1n) is 6.77. The van der Waals surface area contributed by atoms with E-state index >= 15 is 0 Å². The van der Waals surface area contributed by atoms with Crippen molar-refractivity contribution in [3.8, 4) is 0 Å². The van der Waals surface area contributed by atoms with Gasteiger partial charge >= 0.3 is 0 Å². The standard InChI is InChI=1S/C17H16FNO/c1-11-8-14(6-7-16(11)18)17(20)19-15-9-12-4-2-3-5-13(12)10-15/h2-8,15H,9-10H2,1H3,(H,19,20). The summed E-state index contributed by atoms with van der Waals surface area (Å²) in [6.45, 7) is 1.66. The van der Waals surface area contributed by atoms with Gasteiger partial charge in [0.1, 0.15) is 5.82 Å². The van der Waals surface area contributed by atoms with Gasteiger partial charge in [0.25, 0.3) is 5.91 Å². The van der Waals surface area contributed by atoms with Crippen molar-refractivity contribution < 1.29 is 9.18 Å². The lowest BCUT2D eigenvalue weighted by molar-refractivity contribution is 0.0938. The van der Waals surface area contributed by atoms with Gasteiger partial charge in [-0.3, -0.25) is 4.79 Å². The van der Waals surface area contributed by atoms with E-state index in [0.29, 0.717) is 11.1 Å². The quantitative estimate of drug-likeness (QED) is 0.892. The Morgan fingerprint density at radius 2 is 1.80 bits per heavy atom. The summed E-state index contributed by atoms with van der Waals surface area (Å²) >= 11 is 0. The molecule has 0 bridgehead atoms. The summed E-state index contributed by atoms with van der Waals surface area (Å²) < 4.78 is 13.2. The summed E-state index contributed by atoms with van der Waals surface area (Å²) in [5, 5.41) is 3.03. The smallest absolute Gasteiger partial charge is 0.251 e. The molecule has 102 valence electrons. The van der Waals surface area contributed by atoms with Gasteiger partial charge in [0, 0.05) is 11.6 Å². The van der Waals surface area contributed by atoms with Crippen molar-refractivity contribution in [3.05, 3.63) is 70.5 Å². The van der Waals surface area contributed by atoms with Crippen molar-refractivity contribution >= 4 is 5.91 Å². The van der Waals surface area contributed by atoms with Crippen molar-refractivity contribution in [2.45, 2.75) is 25.8 Å². The molecule has 0 fully saturated rings. The van der Waals surface area contributed by atoms with Gasteiger partial charge in [-0.1, -0.05) is 24.3 Å². The van der Waals surface area contributed by atoms with E-state index < -0.39 is 0 Å². The maximum atomic E-state index is 13.2. The second kappa shape index (κ2) is 5.08. The van der Waals surface area contributed by atoms with E-state index in [1.807, 2.05) is 12.1 Å². The predicted molar refractivity (Wildman–Crippen MR) is 76.2 cm³/mol. The van der Waals surface area contributed by atoms with Crippen molar-refractivity contribution in [3.63, 3.8) is 0 Å². The highest BCUT2D eigenvalue weighted by atomic mass is 19.1. The van der Waals surface area contributed by atoms with Crippen molar-refractivity contribution in [2.24, 2.45) is 0 Å². The van der Waals surface area contributed by atoms with Crippen LogP contribution in [0.25, 0.3) is 0 Å². The minimum atomic E-state index is -0.283. The third-order valence-corrected chi connectivity index (χ3v) is 3.81. The summed E-state index contributed by atoms with van der Waals surface area (Å²) in [6, 6.07) is 12.8. The lowest BCUT2D eigenvalue weighted by atomic mass is 10.1. The number of carbonyl (C=O) groups excluding carboxylic acids is 1. The number of aryl methyl sites for hydroxylation is 1. The molecule has 2 nitrogen and oxygen atoms in total. The first-order chi connectivity index (χ1) is 9.63. The molecule has 1 amide bonds. The number of nitrogens with one attached hydrogen (secondary N) is 1. The average molecular weight is 269 g/mol. The molecule has 3 rings (SSSR count). The number of amides is 1. The molecule has 0 aromatic heterocycles. The maximum Gasteiger partial charge on any atom is 0.251 e. The van der Waals surface area contributed by atoms with Gasteiger partial charge in [-0.05, 0) is 54.7 Å². The van der Waals surface area contributed by atoms with Crippen LogP contribution in [-0.4, -0.2) is 11.9 Å². The zero-order valence-corrected chi connectivity index (χ0v) is 11.3. The van der Waals surface area contributed by atoms with Gasteiger partial charge in [-0.25, -0.2) is 4.39 Å². The molecule has 1 aliphatic carbocycles. The number of carbonyl (C=O) groups is 1. The molecule has 0 saturated carbocycles. The van der Waals surface area contributed by atoms with E-state index in [1.54, 1.807) is 13.0 Å². The first-order valence-corrected chi connectivity index (χ1v) is 6.77. The Morgan fingerprint density at radius 3 is 2.40 bits per heavy atom. The molecule has 0 unspecified atom stereocenters. The highest BCUT2D eigenvalue weighted by Gasteiger charge is 2.22. The maximum absolute atomic E-state index is 13.2. The SMILES string of the molecule is Cc1cc(C(=O)NC2Cc3ccccc3C2)ccc1F. The Kier molecular flexibility index (Phi) is 3.26. The lowest BCUT2D eigenvalue weighted by Gasteiger charge is -2.12. The fourth-order valence-corrected chi connectivity index (χ4v) is 2.72. The van der Waals surface area contributed by atoms with Crippen LogP contribution in [0.5, 0.6) is 0 Å². The predicted octanol–water partition coefficient (Wildman–Crippen LogP) is 3.03. The molecule has 0 heterocycles. The zero-order chi connectivity index (χ0) is 14.1. The molecule has 0 atom stereocenters. The van der Waals surface area contributed by atoms with E-state index in [4.69, 9.17) is 0 Å². The third-order valence-electron chi connectivity index (χ3n) is 3.81. The van der Waals surface area contributed by atoms with Crippen LogP contribution in [0.1, 0.15) is 27.0 Å². The van der Waals surface area contributed by atoms with Crippen molar-refractivity contribution in [1.29, 1.82) is 0 Å². The molecule has 1 N–H and O–H groups in total. The molecule has 2 aromatic rings. The zero-order valence-electron chi connectivity index (χ0n) is 11.3. The third kappa shape index (κ3) is 2.44. The molecule has 20 heavy (non-hydrogen) atoms. The number of rotatable bonds is 2. The highest BCUT2D eigenvalue weighted by Crippen LogP contribution is 2.22. The second-order valence-corrected chi connectivity index (χ2v) is 5.31. The summed E-state index contributed by atoms with van der Waals surface area (Å²) in [5.74, 6) is -0.416. The average Bonchev–Trinajstić information content (AvgIpc) is 2.83. The molecule has 0 radical (unpaired) electrons. The van der Waals surface area contributed by atoms with Crippen LogP contribution >= 0.6 is 0 Å². The summed E-state index contributed by atoms with van der Waals surface area (Å²) in [5.41, 5.74) is 3.60. The Labute approximate surface area is 117 Å². The number of hydrogen-bond acceptors (Lipinski definition) is 1. The molecule has 2 aromatic carbocycles. The van der Waals surface area contributed by atoms with Crippen LogP contribution < -0.4 is 5.32 Å². The van der Waals surface area contributed by atoms with Gasteiger partial charge in [0.2, 0.25) is 0 Å². The summed E-state index contributed by atoms with van der Waals surface area (Å²) in [6.07, 6.45) is 1.73. The Morgan fingerprint density at radius 1 is 1.15 bits per heavy atom. The van der Waals surface area contributed by atoms with Gasteiger partial charge in [0.15, 0.2) is 0 Å². The molecule has 0 saturated heterocycles. The molecular formula is C17H16FNO. The Balaban J connectivity index is 1.70. The van der Waals surface area contributed by atoms with E-state index in [9.17, 15) is 9.18 Å². The lowest BCUT2D eigenvalue weighted by Crippen LogP contribution is -2.35. The molecular weight excluding hydrogens is 253 g/mol. The number of halogens is 1. The minimum absolute atomic E-state index is 0.130. The summed E-state index contributed by atoms with van der Waals surface area (Å²) in [4.78, 5) is 12.2. The second-order valence-electron chi connectivity index (χ2n) is 5.31. The Bertz CT molecular complexity index is 641. The molecule has 3 heteroatoms. The van der Waals surface area contributed by atoms with Crippen LogP contribution in [0.2, 0.25) is 0 Å². The van der Waals surface area contributed by atoms with Crippen LogP contribution in [0, 0.1) is 12.7 Å². The van der Waals surface area contributed by atoms with Crippen molar-refractivity contribution in [2.75, 3.05) is 0 Å². The normalized spacial score (nSPS) is 14.1. The van der Waals surface area contributed by atoms with E-state index in [-0.39, 0.29) is 17.8 Å². The Hall–Kier alpha value is -2.16.